The van der Waals surface area contributed by atoms with E-state index >= 15 is 0 Å². The third kappa shape index (κ3) is 9.95. The maximum atomic E-state index is 3.96. The Morgan fingerprint density at radius 2 is 1.93 bits per heavy atom. The number of likely N-dealkylation sites (N-methyl/N-ethyl adjacent to an activating group) is 1. The largest absolute Gasteiger partial charge is 0.317 e. The van der Waals surface area contributed by atoms with Crippen molar-refractivity contribution in [2.24, 2.45) is 0 Å². The molecule has 0 rings (SSSR count). The van der Waals surface area contributed by atoms with Crippen LogP contribution in [0, 0.1) is 0 Å². The van der Waals surface area contributed by atoms with Gasteiger partial charge in [0, 0.05) is 6.54 Å². The van der Waals surface area contributed by atoms with Crippen molar-refractivity contribution in [2.75, 3.05) is 32.7 Å². The van der Waals surface area contributed by atoms with Gasteiger partial charge in [-0.2, -0.15) is 0 Å². The minimum atomic E-state index is 1.05. The van der Waals surface area contributed by atoms with Gasteiger partial charge in [0.25, 0.3) is 0 Å². The van der Waals surface area contributed by atoms with Crippen molar-refractivity contribution in [1.82, 2.24) is 10.2 Å². The lowest BCUT2D eigenvalue weighted by Crippen LogP contribution is -2.27. The second-order valence-electron chi connectivity index (χ2n) is 4.28. The van der Waals surface area contributed by atoms with Crippen molar-refractivity contribution < 1.29 is 0 Å². The van der Waals surface area contributed by atoms with Gasteiger partial charge in [0.2, 0.25) is 0 Å². The molecule has 2 heteroatoms. The van der Waals surface area contributed by atoms with Crippen LogP contribution in [0.2, 0.25) is 0 Å². The summed E-state index contributed by atoms with van der Waals surface area (Å²) in [7, 11) is 0. The van der Waals surface area contributed by atoms with E-state index in [9.17, 15) is 0 Å². The molecule has 0 aromatic carbocycles. The Labute approximate surface area is 95.7 Å². The number of rotatable bonds is 10. The molecular formula is C13H28N2. The summed E-state index contributed by atoms with van der Waals surface area (Å²) in [4.78, 5) is 2.46. The highest BCUT2D eigenvalue weighted by atomic mass is 15.1. The first-order chi connectivity index (χ1) is 7.20. The first-order valence-corrected chi connectivity index (χ1v) is 6.28. The Hall–Kier alpha value is -0.340. The number of unbranched alkanes of at least 4 members (excludes halogenated alkanes) is 1. The van der Waals surface area contributed by atoms with Crippen LogP contribution in [0.15, 0.2) is 12.2 Å². The Morgan fingerprint density at radius 3 is 2.47 bits per heavy atom. The third-order valence-electron chi connectivity index (χ3n) is 2.45. The van der Waals surface area contributed by atoms with E-state index in [1.165, 1.54) is 37.9 Å². The number of hydrogen-bond donors (Lipinski definition) is 1. The van der Waals surface area contributed by atoms with E-state index in [0.29, 0.717) is 0 Å². The maximum Gasteiger partial charge on any atom is 0.0187 e. The van der Waals surface area contributed by atoms with E-state index in [1.807, 2.05) is 0 Å². The van der Waals surface area contributed by atoms with Crippen LogP contribution in [-0.4, -0.2) is 37.6 Å². The van der Waals surface area contributed by atoms with Gasteiger partial charge < -0.3 is 5.32 Å². The Balaban J connectivity index is 3.34. The van der Waals surface area contributed by atoms with Gasteiger partial charge in [-0.25, -0.2) is 0 Å². The molecular weight excluding hydrogens is 184 g/mol. The topological polar surface area (TPSA) is 15.3 Å². The summed E-state index contributed by atoms with van der Waals surface area (Å²) in [5.41, 5.74) is 1.26. The third-order valence-corrected chi connectivity index (χ3v) is 2.45. The molecule has 0 radical (unpaired) electrons. The van der Waals surface area contributed by atoms with Crippen LogP contribution in [0.5, 0.6) is 0 Å². The molecule has 0 heterocycles. The number of nitrogens with one attached hydrogen (secondary N) is 1. The van der Waals surface area contributed by atoms with Crippen molar-refractivity contribution in [2.45, 2.75) is 40.0 Å². The summed E-state index contributed by atoms with van der Waals surface area (Å²) in [5, 5.41) is 3.43. The van der Waals surface area contributed by atoms with Crippen LogP contribution in [0.4, 0.5) is 0 Å². The Morgan fingerprint density at radius 1 is 1.20 bits per heavy atom. The highest BCUT2D eigenvalue weighted by molar-refractivity contribution is 4.91. The van der Waals surface area contributed by atoms with Crippen LogP contribution in [-0.2, 0) is 0 Å². The van der Waals surface area contributed by atoms with Crippen LogP contribution in [0.3, 0.4) is 0 Å². The molecule has 90 valence electrons. The molecule has 15 heavy (non-hydrogen) atoms. The van der Waals surface area contributed by atoms with Gasteiger partial charge in [-0.05, 0) is 52.4 Å². The first kappa shape index (κ1) is 14.7. The van der Waals surface area contributed by atoms with Crippen molar-refractivity contribution in [3.05, 3.63) is 12.2 Å². The van der Waals surface area contributed by atoms with E-state index in [0.717, 1.165) is 19.6 Å². The average Bonchev–Trinajstić information content (AvgIpc) is 2.20. The monoisotopic (exact) mass is 212 g/mol. The molecule has 0 aromatic rings. The summed E-state index contributed by atoms with van der Waals surface area (Å²) in [6.07, 6.45) is 3.81. The lowest BCUT2D eigenvalue weighted by molar-refractivity contribution is 0.304. The van der Waals surface area contributed by atoms with Crippen LogP contribution < -0.4 is 5.32 Å². The normalized spacial score (nSPS) is 10.9. The number of hydrogen-bond acceptors (Lipinski definition) is 2. The van der Waals surface area contributed by atoms with Crippen LogP contribution >= 0.6 is 0 Å². The Bertz CT molecular complexity index is 155. The molecule has 1 N–H and O–H groups in total. The molecule has 0 unspecified atom stereocenters. The molecule has 0 aromatic heterocycles. The first-order valence-electron chi connectivity index (χ1n) is 6.28. The number of nitrogens with zero attached hydrogens (tertiary/aromatic N) is 1. The second kappa shape index (κ2) is 10.2. The standard InChI is InChI=1S/C13H28N2/c1-5-9-14-10-7-8-11-15(6-2)12-13(3)4/h14H,3,5-12H2,1-2,4H3. The molecule has 0 fully saturated rings. The summed E-state index contributed by atoms with van der Waals surface area (Å²) in [5.74, 6) is 0. The summed E-state index contributed by atoms with van der Waals surface area (Å²) in [6, 6.07) is 0. The molecule has 0 aliphatic heterocycles. The molecule has 2 nitrogen and oxygen atoms in total. The zero-order valence-electron chi connectivity index (χ0n) is 10.8. The predicted molar refractivity (Wildman–Crippen MR) is 69.3 cm³/mol. The molecule has 0 amide bonds. The van der Waals surface area contributed by atoms with Gasteiger partial charge in [0.15, 0.2) is 0 Å². The van der Waals surface area contributed by atoms with Gasteiger partial charge >= 0.3 is 0 Å². The molecule has 0 spiro atoms. The summed E-state index contributed by atoms with van der Waals surface area (Å²) in [6.45, 7) is 16.2. The SMILES string of the molecule is C=C(C)CN(CC)CCCCNCCC. The zero-order chi connectivity index (χ0) is 11.5. The lowest BCUT2D eigenvalue weighted by Gasteiger charge is -2.20. The molecule has 0 aliphatic carbocycles. The highest BCUT2D eigenvalue weighted by Gasteiger charge is 2.01. The fourth-order valence-corrected chi connectivity index (χ4v) is 1.62. The fraction of sp³-hybridized carbons (Fsp3) is 0.846. The van der Waals surface area contributed by atoms with Crippen molar-refractivity contribution in [1.29, 1.82) is 0 Å². The van der Waals surface area contributed by atoms with Crippen LogP contribution in [0.1, 0.15) is 40.0 Å². The lowest BCUT2D eigenvalue weighted by atomic mass is 10.2. The van der Waals surface area contributed by atoms with E-state index in [1.54, 1.807) is 0 Å². The van der Waals surface area contributed by atoms with E-state index in [2.05, 4.69) is 37.6 Å². The van der Waals surface area contributed by atoms with E-state index in [4.69, 9.17) is 0 Å². The second-order valence-corrected chi connectivity index (χ2v) is 4.28. The van der Waals surface area contributed by atoms with Crippen molar-refractivity contribution >= 4 is 0 Å². The molecule has 0 atom stereocenters. The molecule has 0 saturated heterocycles. The minimum absolute atomic E-state index is 1.05. The average molecular weight is 212 g/mol. The minimum Gasteiger partial charge on any atom is -0.317 e. The van der Waals surface area contributed by atoms with Gasteiger partial charge in [0.1, 0.15) is 0 Å². The van der Waals surface area contributed by atoms with Crippen LogP contribution in [0.25, 0.3) is 0 Å². The van der Waals surface area contributed by atoms with Gasteiger partial charge in [0.05, 0.1) is 0 Å². The van der Waals surface area contributed by atoms with E-state index in [-0.39, 0.29) is 0 Å². The Kier molecular flexibility index (Phi) is 9.96. The summed E-state index contributed by atoms with van der Waals surface area (Å²) >= 11 is 0. The smallest absolute Gasteiger partial charge is 0.0187 e. The van der Waals surface area contributed by atoms with Crippen molar-refractivity contribution in [3.8, 4) is 0 Å². The zero-order valence-corrected chi connectivity index (χ0v) is 10.8. The van der Waals surface area contributed by atoms with Gasteiger partial charge in [-0.1, -0.05) is 26.0 Å². The van der Waals surface area contributed by atoms with Gasteiger partial charge in [-0.3, -0.25) is 4.90 Å². The molecule has 0 saturated carbocycles. The quantitative estimate of drug-likeness (QED) is 0.442. The summed E-state index contributed by atoms with van der Waals surface area (Å²) < 4.78 is 0. The van der Waals surface area contributed by atoms with Gasteiger partial charge in [-0.15, -0.1) is 0 Å². The maximum absolute atomic E-state index is 3.96. The molecule has 0 aliphatic rings. The molecule has 0 bridgehead atoms. The predicted octanol–water partition coefficient (Wildman–Crippen LogP) is 2.66. The fourth-order valence-electron chi connectivity index (χ4n) is 1.62. The highest BCUT2D eigenvalue weighted by Crippen LogP contribution is 1.98. The van der Waals surface area contributed by atoms with E-state index < -0.39 is 0 Å². The van der Waals surface area contributed by atoms with Crippen molar-refractivity contribution in [3.63, 3.8) is 0 Å².